The standard InChI is InChI=1S/C14H19N3O3S/c1-11(10-20-2)16-14-15-8-9-17(14)12-4-6-13(7-5-12)21(3,18)19/h4-9,11H,10H2,1-3H3,(H,15,16). The van der Waals surface area contributed by atoms with Crippen molar-refractivity contribution < 1.29 is 13.2 Å². The van der Waals surface area contributed by atoms with Crippen molar-refractivity contribution in [2.24, 2.45) is 0 Å². The highest BCUT2D eigenvalue weighted by Gasteiger charge is 2.10. The van der Waals surface area contributed by atoms with Gasteiger partial charge >= 0.3 is 0 Å². The summed E-state index contributed by atoms with van der Waals surface area (Å²) in [5.41, 5.74) is 0.840. The number of nitrogens with one attached hydrogen (secondary N) is 1. The van der Waals surface area contributed by atoms with Gasteiger partial charge in [0.2, 0.25) is 5.95 Å². The van der Waals surface area contributed by atoms with E-state index in [9.17, 15) is 8.42 Å². The summed E-state index contributed by atoms with van der Waals surface area (Å²) in [7, 11) is -1.53. The van der Waals surface area contributed by atoms with Crippen molar-refractivity contribution in [1.82, 2.24) is 9.55 Å². The molecular weight excluding hydrogens is 290 g/mol. The van der Waals surface area contributed by atoms with Crippen molar-refractivity contribution in [1.29, 1.82) is 0 Å². The van der Waals surface area contributed by atoms with Crippen LogP contribution >= 0.6 is 0 Å². The summed E-state index contributed by atoms with van der Waals surface area (Å²) in [6.07, 6.45) is 4.70. The fraction of sp³-hybridized carbons (Fsp3) is 0.357. The molecule has 0 bridgehead atoms. The van der Waals surface area contributed by atoms with Gasteiger partial charge in [0.05, 0.1) is 11.5 Å². The number of sulfone groups is 1. The fourth-order valence-electron chi connectivity index (χ4n) is 1.98. The van der Waals surface area contributed by atoms with E-state index in [-0.39, 0.29) is 6.04 Å². The Balaban J connectivity index is 2.25. The molecular formula is C14H19N3O3S. The molecule has 0 saturated heterocycles. The van der Waals surface area contributed by atoms with Gasteiger partial charge in [-0.15, -0.1) is 0 Å². The van der Waals surface area contributed by atoms with Gasteiger partial charge in [-0.1, -0.05) is 0 Å². The molecule has 114 valence electrons. The number of nitrogens with zero attached hydrogens (tertiary/aromatic N) is 2. The molecule has 0 saturated carbocycles. The number of hydrogen-bond donors (Lipinski definition) is 1. The summed E-state index contributed by atoms with van der Waals surface area (Å²) >= 11 is 0. The molecule has 1 aromatic carbocycles. The van der Waals surface area contributed by atoms with Crippen molar-refractivity contribution in [3.63, 3.8) is 0 Å². The first-order valence-corrected chi connectivity index (χ1v) is 8.40. The van der Waals surface area contributed by atoms with Crippen molar-refractivity contribution in [3.8, 4) is 5.69 Å². The van der Waals surface area contributed by atoms with Gasteiger partial charge in [0.25, 0.3) is 0 Å². The second-order valence-electron chi connectivity index (χ2n) is 4.89. The van der Waals surface area contributed by atoms with Crippen molar-refractivity contribution in [2.45, 2.75) is 17.9 Å². The van der Waals surface area contributed by atoms with E-state index >= 15 is 0 Å². The van der Waals surface area contributed by atoms with Gasteiger partial charge in [0.1, 0.15) is 0 Å². The number of aromatic nitrogens is 2. The quantitative estimate of drug-likeness (QED) is 0.879. The SMILES string of the molecule is COCC(C)Nc1nccn1-c1ccc(S(C)(=O)=O)cc1. The van der Waals surface area contributed by atoms with E-state index in [1.165, 1.54) is 6.26 Å². The number of methoxy groups -OCH3 is 1. The average Bonchev–Trinajstić information content (AvgIpc) is 2.86. The lowest BCUT2D eigenvalue weighted by atomic mass is 10.3. The Morgan fingerprint density at radius 1 is 1.33 bits per heavy atom. The maximum absolute atomic E-state index is 11.5. The van der Waals surface area contributed by atoms with E-state index < -0.39 is 9.84 Å². The van der Waals surface area contributed by atoms with E-state index in [1.54, 1.807) is 37.6 Å². The summed E-state index contributed by atoms with van der Waals surface area (Å²) in [5.74, 6) is 0.687. The largest absolute Gasteiger partial charge is 0.383 e. The van der Waals surface area contributed by atoms with Crippen molar-refractivity contribution >= 4 is 15.8 Å². The Morgan fingerprint density at radius 3 is 2.57 bits per heavy atom. The van der Waals surface area contributed by atoms with E-state index in [4.69, 9.17) is 4.74 Å². The maximum Gasteiger partial charge on any atom is 0.207 e. The van der Waals surface area contributed by atoms with Crippen LogP contribution in [-0.4, -0.2) is 44.0 Å². The molecule has 1 heterocycles. The Labute approximate surface area is 124 Å². The molecule has 2 aromatic rings. The number of ether oxygens (including phenoxy) is 1. The Morgan fingerprint density at radius 2 is 2.00 bits per heavy atom. The number of imidazole rings is 1. The molecule has 1 N–H and O–H groups in total. The monoisotopic (exact) mass is 309 g/mol. The Kier molecular flexibility index (Phi) is 4.64. The zero-order valence-corrected chi connectivity index (χ0v) is 13.1. The van der Waals surface area contributed by atoms with E-state index in [1.807, 2.05) is 17.7 Å². The molecule has 21 heavy (non-hydrogen) atoms. The van der Waals surface area contributed by atoms with Gasteiger partial charge in [-0.3, -0.25) is 4.57 Å². The minimum Gasteiger partial charge on any atom is -0.383 e. The third kappa shape index (κ3) is 3.83. The van der Waals surface area contributed by atoms with Crippen molar-refractivity contribution in [3.05, 3.63) is 36.7 Å². The van der Waals surface area contributed by atoms with Crippen LogP contribution in [-0.2, 0) is 14.6 Å². The van der Waals surface area contributed by atoms with Crippen LogP contribution in [0.25, 0.3) is 5.69 Å². The van der Waals surface area contributed by atoms with Gasteiger partial charge in [0, 0.05) is 37.5 Å². The molecule has 0 aliphatic carbocycles. The third-order valence-corrected chi connectivity index (χ3v) is 4.10. The molecule has 7 heteroatoms. The van der Waals surface area contributed by atoms with Crippen LogP contribution in [0.2, 0.25) is 0 Å². The second kappa shape index (κ2) is 6.28. The Bertz CT molecular complexity index is 693. The van der Waals surface area contributed by atoms with Crippen LogP contribution in [0.4, 0.5) is 5.95 Å². The zero-order valence-electron chi connectivity index (χ0n) is 12.3. The first-order chi connectivity index (χ1) is 9.91. The van der Waals surface area contributed by atoms with Gasteiger partial charge in [-0.2, -0.15) is 0 Å². The first-order valence-electron chi connectivity index (χ1n) is 6.51. The highest BCUT2D eigenvalue weighted by atomic mass is 32.2. The molecule has 1 aromatic heterocycles. The van der Waals surface area contributed by atoms with Crippen LogP contribution < -0.4 is 5.32 Å². The van der Waals surface area contributed by atoms with E-state index in [0.29, 0.717) is 17.5 Å². The zero-order chi connectivity index (χ0) is 15.5. The number of hydrogen-bond acceptors (Lipinski definition) is 5. The predicted octanol–water partition coefficient (Wildman–Crippen LogP) is 1.72. The average molecular weight is 309 g/mol. The van der Waals surface area contributed by atoms with Crippen LogP contribution in [0.15, 0.2) is 41.6 Å². The molecule has 0 fully saturated rings. The molecule has 1 unspecified atom stereocenters. The molecule has 2 rings (SSSR count). The minimum absolute atomic E-state index is 0.117. The summed E-state index contributed by atoms with van der Waals surface area (Å²) in [5, 5.41) is 3.24. The lowest BCUT2D eigenvalue weighted by Gasteiger charge is -2.15. The maximum atomic E-state index is 11.5. The van der Waals surface area contributed by atoms with Gasteiger partial charge < -0.3 is 10.1 Å². The van der Waals surface area contributed by atoms with Crippen LogP contribution in [0, 0.1) is 0 Å². The van der Waals surface area contributed by atoms with E-state index in [2.05, 4.69) is 10.3 Å². The molecule has 0 aliphatic heterocycles. The van der Waals surface area contributed by atoms with Crippen molar-refractivity contribution in [2.75, 3.05) is 25.3 Å². The summed E-state index contributed by atoms with van der Waals surface area (Å²) < 4.78 is 29.9. The van der Waals surface area contributed by atoms with Gasteiger partial charge in [-0.25, -0.2) is 13.4 Å². The molecule has 0 radical (unpaired) electrons. The molecule has 0 amide bonds. The first kappa shape index (κ1) is 15.5. The summed E-state index contributed by atoms with van der Waals surface area (Å²) in [6, 6.07) is 6.81. The highest BCUT2D eigenvalue weighted by Crippen LogP contribution is 2.18. The normalized spacial score (nSPS) is 13.1. The Hall–Kier alpha value is -1.86. The minimum atomic E-state index is -3.18. The summed E-state index contributed by atoms with van der Waals surface area (Å²) in [6.45, 7) is 2.56. The number of benzene rings is 1. The molecule has 6 nitrogen and oxygen atoms in total. The van der Waals surface area contributed by atoms with Gasteiger partial charge in [0.15, 0.2) is 9.84 Å². The molecule has 0 aliphatic rings. The molecule has 0 spiro atoms. The third-order valence-electron chi connectivity index (χ3n) is 2.98. The molecule has 1 atom stereocenters. The fourth-order valence-corrected chi connectivity index (χ4v) is 2.62. The summed E-state index contributed by atoms with van der Waals surface area (Å²) in [4.78, 5) is 4.56. The lowest BCUT2D eigenvalue weighted by Crippen LogP contribution is -2.22. The smallest absolute Gasteiger partial charge is 0.207 e. The number of rotatable bonds is 6. The van der Waals surface area contributed by atoms with Crippen LogP contribution in [0.5, 0.6) is 0 Å². The predicted molar refractivity (Wildman–Crippen MR) is 81.6 cm³/mol. The second-order valence-corrected chi connectivity index (χ2v) is 6.90. The topological polar surface area (TPSA) is 73.2 Å². The lowest BCUT2D eigenvalue weighted by molar-refractivity contribution is 0.190. The van der Waals surface area contributed by atoms with Crippen LogP contribution in [0.1, 0.15) is 6.92 Å². The number of anilines is 1. The van der Waals surface area contributed by atoms with Crippen LogP contribution in [0.3, 0.4) is 0 Å². The van der Waals surface area contributed by atoms with E-state index in [0.717, 1.165) is 5.69 Å². The highest BCUT2D eigenvalue weighted by molar-refractivity contribution is 7.90. The van der Waals surface area contributed by atoms with Gasteiger partial charge in [-0.05, 0) is 31.2 Å².